The number of rotatable bonds is 5. The van der Waals surface area contributed by atoms with Crippen molar-refractivity contribution in [3.05, 3.63) is 70.9 Å². The van der Waals surface area contributed by atoms with Gasteiger partial charge in [-0.2, -0.15) is 0 Å². The van der Waals surface area contributed by atoms with E-state index in [2.05, 4.69) is 10.3 Å². The van der Waals surface area contributed by atoms with Crippen LogP contribution in [0.4, 0.5) is 0 Å². The van der Waals surface area contributed by atoms with Gasteiger partial charge in [0.05, 0.1) is 11.1 Å². The fourth-order valence-corrected chi connectivity index (χ4v) is 3.14. The van der Waals surface area contributed by atoms with Gasteiger partial charge in [0, 0.05) is 23.6 Å². The van der Waals surface area contributed by atoms with Gasteiger partial charge in [0.2, 0.25) is 5.91 Å². The number of hydrogen-bond acceptors (Lipinski definition) is 3. The first-order valence-electron chi connectivity index (χ1n) is 8.22. The topological polar surface area (TPSA) is 62.2 Å². The number of amides is 1. The first-order chi connectivity index (χ1) is 12.1. The third-order valence-electron chi connectivity index (χ3n) is 4.07. The molecular weight excluding hydrogens is 336 g/mol. The van der Waals surface area contributed by atoms with Crippen molar-refractivity contribution in [1.82, 2.24) is 10.3 Å². The highest BCUT2D eigenvalue weighted by atomic mass is 35.5. The molecule has 0 unspecified atom stereocenters. The smallest absolute Gasteiger partial charge is 0.220 e. The molecule has 1 atom stereocenters. The van der Waals surface area contributed by atoms with Crippen LogP contribution in [-0.2, 0) is 4.79 Å². The molecule has 2 N–H and O–H groups in total. The largest absolute Gasteiger partial charge is 0.505 e. The molecule has 0 spiro atoms. The first kappa shape index (κ1) is 17.2. The molecule has 0 aliphatic rings. The molecule has 3 rings (SSSR count). The monoisotopic (exact) mass is 354 g/mol. The molecular formula is C20H19ClN2O2. The quantitative estimate of drug-likeness (QED) is 0.703. The standard InChI is InChI=1S/C20H19ClN2O2/c1-2-7-17(24)23-18(13-8-4-3-5-9-13)15-12-16(21)14-10-6-11-22-19(14)20(15)25/h3-6,8-12,18,25H,2,7H2,1H3,(H,23,24)/t18-/m1/s1. The number of nitrogens with one attached hydrogen (secondary N) is 1. The zero-order chi connectivity index (χ0) is 17.8. The van der Waals surface area contributed by atoms with E-state index in [9.17, 15) is 9.90 Å². The van der Waals surface area contributed by atoms with E-state index in [1.165, 1.54) is 0 Å². The minimum atomic E-state index is -0.496. The summed E-state index contributed by atoms with van der Waals surface area (Å²) < 4.78 is 0. The normalized spacial score (nSPS) is 12.1. The highest BCUT2D eigenvalue weighted by Crippen LogP contribution is 2.38. The molecule has 3 aromatic rings. The van der Waals surface area contributed by atoms with Crippen molar-refractivity contribution < 1.29 is 9.90 Å². The number of halogens is 1. The lowest BCUT2D eigenvalue weighted by atomic mass is 9.96. The Bertz CT molecular complexity index is 897. The second-order valence-corrected chi connectivity index (χ2v) is 6.26. The van der Waals surface area contributed by atoms with Crippen LogP contribution in [0.15, 0.2) is 54.7 Å². The van der Waals surface area contributed by atoms with Crippen molar-refractivity contribution in [2.75, 3.05) is 0 Å². The first-order valence-corrected chi connectivity index (χ1v) is 8.60. The zero-order valence-electron chi connectivity index (χ0n) is 13.9. The van der Waals surface area contributed by atoms with Gasteiger partial charge < -0.3 is 10.4 Å². The van der Waals surface area contributed by atoms with Gasteiger partial charge in [-0.05, 0) is 30.2 Å². The van der Waals surface area contributed by atoms with E-state index in [4.69, 9.17) is 11.6 Å². The summed E-state index contributed by atoms with van der Waals surface area (Å²) in [7, 11) is 0. The molecule has 0 aliphatic carbocycles. The lowest BCUT2D eigenvalue weighted by molar-refractivity contribution is -0.121. The number of phenols is 1. The summed E-state index contributed by atoms with van der Waals surface area (Å²) in [6.07, 6.45) is 2.78. The van der Waals surface area contributed by atoms with E-state index >= 15 is 0 Å². The molecule has 2 aromatic carbocycles. The van der Waals surface area contributed by atoms with Crippen LogP contribution in [0.25, 0.3) is 10.9 Å². The predicted molar refractivity (Wildman–Crippen MR) is 99.8 cm³/mol. The predicted octanol–water partition coefficient (Wildman–Crippen LogP) is 4.60. The Labute approximate surface area is 151 Å². The number of nitrogens with zero attached hydrogens (tertiary/aromatic N) is 1. The van der Waals surface area contributed by atoms with Gasteiger partial charge in [-0.25, -0.2) is 0 Å². The van der Waals surface area contributed by atoms with Gasteiger partial charge in [-0.1, -0.05) is 48.9 Å². The van der Waals surface area contributed by atoms with E-state index in [0.717, 1.165) is 12.0 Å². The van der Waals surface area contributed by atoms with Crippen LogP contribution in [0, 0.1) is 0 Å². The van der Waals surface area contributed by atoms with Crippen LogP contribution in [0.2, 0.25) is 5.02 Å². The number of fused-ring (bicyclic) bond motifs is 1. The van der Waals surface area contributed by atoms with Crippen LogP contribution in [0.5, 0.6) is 5.75 Å². The maximum Gasteiger partial charge on any atom is 0.220 e. The number of hydrogen-bond donors (Lipinski definition) is 2. The molecule has 0 saturated carbocycles. The average molecular weight is 355 g/mol. The summed E-state index contributed by atoms with van der Waals surface area (Å²) in [6.45, 7) is 1.95. The molecule has 0 bridgehead atoms. The molecule has 1 heterocycles. The summed E-state index contributed by atoms with van der Waals surface area (Å²) in [5.74, 6) is -0.0429. The lowest BCUT2D eigenvalue weighted by Gasteiger charge is -2.22. The number of aromatic nitrogens is 1. The second-order valence-electron chi connectivity index (χ2n) is 5.86. The van der Waals surface area contributed by atoms with Crippen LogP contribution in [-0.4, -0.2) is 16.0 Å². The summed E-state index contributed by atoms with van der Waals surface area (Å²) in [4.78, 5) is 16.5. The van der Waals surface area contributed by atoms with Crippen molar-refractivity contribution in [1.29, 1.82) is 0 Å². The molecule has 128 valence electrons. The molecule has 1 amide bonds. The van der Waals surface area contributed by atoms with Gasteiger partial charge in [0.15, 0.2) is 0 Å². The maximum atomic E-state index is 12.2. The lowest BCUT2D eigenvalue weighted by Crippen LogP contribution is -2.29. The van der Waals surface area contributed by atoms with Crippen LogP contribution in [0.3, 0.4) is 0 Å². The van der Waals surface area contributed by atoms with E-state index in [-0.39, 0.29) is 11.7 Å². The van der Waals surface area contributed by atoms with Crippen LogP contribution >= 0.6 is 11.6 Å². The number of aromatic hydroxyl groups is 1. The fourth-order valence-electron chi connectivity index (χ4n) is 2.87. The third-order valence-corrected chi connectivity index (χ3v) is 4.38. The summed E-state index contributed by atoms with van der Waals surface area (Å²) in [5, 5.41) is 14.9. The minimum Gasteiger partial charge on any atom is -0.505 e. The third kappa shape index (κ3) is 3.59. The average Bonchev–Trinajstić information content (AvgIpc) is 2.64. The highest BCUT2D eigenvalue weighted by molar-refractivity contribution is 6.35. The van der Waals surface area contributed by atoms with E-state index in [1.54, 1.807) is 24.4 Å². The van der Waals surface area contributed by atoms with Crippen molar-refractivity contribution >= 4 is 28.4 Å². The maximum absolute atomic E-state index is 12.2. The van der Waals surface area contributed by atoms with Crippen molar-refractivity contribution in [3.8, 4) is 5.75 Å². The summed E-state index contributed by atoms with van der Waals surface area (Å²) in [5.41, 5.74) is 1.83. The Hall–Kier alpha value is -2.59. The van der Waals surface area contributed by atoms with Crippen LogP contribution < -0.4 is 5.32 Å². The molecule has 5 heteroatoms. The molecule has 0 aliphatic heterocycles. The highest BCUT2D eigenvalue weighted by Gasteiger charge is 2.22. The second kappa shape index (κ2) is 7.53. The molecule has 0 fully saturated rings. The van der Waals surface area contributed by atoms with Gasteiger partial charge in [-0.15, -0.1) is 0 Å². The zero-order valence-corrected chi connectivity index (χ0v) is 14.6. The Morgan fingerprint density at radius 3 is 2.72 bits per heavy atom. The van der Waals surface area contributed by atoms with Crippen LogP contribution in [0.1, 0.15) is 36.9 Å². The van der Waals surface area contributed by atoms with Gasteiger partial charge in [-0.3, -0.25) is 9.78 Å². The number of phenolic OH excluding ortho intramolecular Hbond substituents is 1. The Morgan fingerprint density at radius 2 is 2.00 bits per heavy atom. The minimum absolute atomic E-state index is 0.0330. The van der Waals surface area contributed by atoms with E-state index in [0.29, 0.717) is 27.9 Å². The molecule has 0 saturated heterocycles. The summed E-state index contributed by atoms with van der Waals surface area (Å²) >= 11 is 6.40. The Morgan fingerprint density at radius 1 is 1.24 bits per heavy atom. The number of benzene rings is 2. The molecule has 0 radical (unpaired) electrons. The molecule has 1 aromatic heterocycles. The van der Waals surface area contributed by atoms with Crippen molar-refractivity contribution in [2.45, 2.75) is 25.8 Å². The summed E-state index contributed by atoms with van der Waals surface area (Å²) in [6, 6.07) is 14.3. The van der Waals surface area contributed by atoms with Crippen molar-refractivity contribution in [3.63, 3.8) is 0 Å². The van der Waals surface area contributed by atoms with E-state index in [1.807, 2.05) is 37.3 Å². The van der Waals surface area contributed by atoms with Gasteiger partial charge in [0.1, 0.15) is 11.3 Å². The van der Waals surface area contributed by atoms with Gasteiger partial charge >= 0.3 is 0 Å². The Kier molecular flexibility index (Phi) is 5.19. The molecule has 4 nitrogen and oxygen atoms in total. The Balaban J connectivity index is 2.14. The SMILES string of the molecule is CCCC(=O)N[C@H](c1ccccc1)c1cc(Cl)c2cccnc2c1O. The number of pyridine rings is 1. The fraction of sp³-hybridized carbons (Fsp3) is 0.200. The van der Waals surface area contributed by atoms with Gasteiger partial charge in [0.25, 0.3) is 0 Å². The number of carbonyl (C=O) groups is 1. The van der Waals surface area contributed by atoms with Crippen molar-refractivity contribution in [2.24, 2.45) is 0 Å². The number of carbonyl (C=O) groups excluding carboxylic acids is 1. The van der Waals surface area contributed by atoms with E-state index < -0.39 is 6.04 Å². The molecule has 25 heavy (non-hydrogen) atoms.